The molecule has 0 radical (unpaired) electrons. The number of aryl methyl sites for hydroxylation is 1. The molecule has 14 heavy (non-hydrogen) atoms. The van der Waals surface area contributed by atoms with Gasteiger partial charge >= 0.3 is 0 Å². The Hall–Kier alpha value is -1.36. The lowest BCUT2D eigenvalue weighted by Crippen LogP contribution is -2.42. The molecule has 0 saturated carbocycles. The second kappa shape index (κ2) is 4.23. The number of rotatable bonds is 3. The van der Waals surface area contributed by atoms with Crippen LogP contribution in [0.5, 0.6) is 0 Å². The number of aromatic nitrogens is 2. The highest BCUT2D eigenvalue weighted by Gasteiger charge is 2.18. The van der Waals surface area contributed by atoms with Gasteiger partial charge in [-0.3, -0.25) is 9.48 Å². The molecule has 5 nitrogen and oxygen atoms in total. The molecule has 5 heteroatoms. The Balaban J connectivity index is 2.94. The fourth-order valence-corrected chi connectivity index (χ4v) is 1.22. The van der Waals surface area contributed by atoms with Gasteiger partial charge in [0.2, 0.25) is 5.91 Å². The highest BCUT2D eigenvalue weighted by Crippen LogP contribution is 2.12. The SMILES string of the molecule is CCC(=O)N(c1ccn(C)n1)N(C)C. The summed E-state index contributed by atoms with van der Waals surface area (Å²) in [6, 6.07) is 1.81. The van der Waals surface area contributed by atoms with Crippen molar-refractivity contribution in [3.63, 3.8) is 0 Å². The number of anilines is 1. The molecule has 1 rings (SSSR count). The van der Waals surface area contributed by atoms with Crippen LogP contribution in [0.2, 0.25) is 0 Å². The first-order valence-electron chi connectivity index (χ1n) is 4.56. The Kier molecular flexibility index (Phi) is 3.24. The van der Waals surface area contributed by atoms with Gasteiger partial charge in [-0.25, -0.2) is 10.0 Å². The molecular weight excluding hydrogens is 180 g/mol. The van der Waals surface area contributed by atoms with E-state index in [1.807, 2.05) is 40.3 Å². The molecule has 0 bridgehead atoms. The molecule has 1 amide bonds. The summed E-state index contributed by atoms with van der Waals surface area (Å²) in [6.45, 7) is 1.84. The number of carbonyl (C=O) groups excluding carboxylic acids is 1. The molecule has 0 aromatic carbocycles. The zero-order chi connectivity index (χ0) is 10.7. The third kappa shape index (κ3) is 2.11. The van der Waals surface area contributed by atoms with Gasteiger partial charge in [-0.05, 0) is 0 Å². The molecular formula is C9H16N4O. The highest BCUT2D eigenvalue weighted by molar-refractivity contribution is 5.91. The second-order valence-electron chi connectivity index (χ2n) is 3.25. The van der Waals surface area contributed by atoms with Crippen LogP contribution in [0.1, 0.15) is 13.3 Å². The third-order valence-corrected chi connectivity index (χ3v) is 1.86. The van der Waals surface area contributed by atoms with Crippen LogP contribution in [0.15, 0.2) is 12.3 Å². The summed E-state index contributed by atoms with van der Waals surface area (Å²) in [5.41, 5.74) is 0. The van der Waals surface area contributed by atoms with Gasteiger partial charge in [0.25, 0.3) is 0 Å². The second-order valence-corrected chi connectivity index (χ2v) is 3.25. The first kappa shape index (κ1) is 10.7. The van der Waals surface area contributed by atoms with Crippen molar-refractivity contribution in [3.8, 4) is 0 Å². The number of hydrogen-bond donors (Lipinski definition) is 0. The van der Waals surface area contributed by atoms with Crippen LogP contribution in [0.25, 0.3) is 0 Å². The van der Waals surface area contributed by atoms with Crippen LogP contribution in [0, 0.1) is 0 Å². The van der Waals surface area contributed by atoms with Gasteiger partial charge in [0.05, 0.1) is 0 Å². The predicted octanol–water partition coefficient (Wildman–Crippen LogP) is 0.640. The van der Waals surface area contributed by atoms with Crippen molar-refractivity contribution in [2.24, 2.45) is 7.05 Å². The van der Waals surface area contributed by atoms with E-state index in [0.717, 1.165) is 0 Å². The van der Waals surface area contributed by atoms with Crippen molar-refractivity contribution < 1.29 is 4.79 Å². The summed E-state index contributed by atoms with van der Waals surface area (Å²) in [5.74, 6) is 0.693. The number of nitrogens with zero attached hydrogens (tertiary/aromatic N) is 4. The largest absolute Gasteiger partial charge is 0.274 e. The van der Waals surface area contributed by atoms with Gasteiger partial charge in [0.1, 0.15) is 0 Å². The van der Waals surface area contributed by atoms with Crippen molar-refractivity contribution in [2.75, 3.05) is 19.1 Å². The minimum Gasteiger partial charge on any atom is -0.274 e. The van der Waals surface area contributed by atoms with Crippen LogP contribution in [-0.2, 0) is 11.8 Å². The molecule has 1 aromatic rings. The van der Waals surface area contributed by atoms with E-state index >= 15 is 0 Å². The van der Waals surface area contributed by atoms with Crippen molar-refractivity contribution in [2.45, 2.75) is 13.3 Å². The topological polar surface area (TPSA) is 41.4 Å². The lowest BCUT2D eigenvalue weighted by atomic mass is 10.4. The third-order valence-electron chi connectivity index (χ3n) is 1.86. The van der Waals surface area contributed by atoms with Gasteiger partial charge in [0, 0.05) is 39.8 Å². The van der Waals surface area contributed by atoms with Gasteiger partial charge in [-0.2, -0.15) is 5.10 Å². The average Bonchev–Trinajstić information content (AvgIpc) is 2.51. The zero-order valence-electron chi connectivity index (χ0n) is 9.06. The maximum Gasteiger partial charge on any atom is 0.242 e. The molecule has 0 N–H and O–H groups in total. The van der Waals surface area contributed by atoms with E-state index in [0.29, 0.717) is 12.2 Å². The summed E-state index contributed by atoms with van der Waals surface area (Å²) < 4.78 is 1.68. The van der Waals surface area contributed by atoms with Crippen molar-refractivity contribution in [1.29, 1.82) is 0 Å². The Bertz CT molecular complexity index is 318. The quantitative estimate of drug-likeness (QED) is 0.666. The molecule has 1 heterocycles. The molecule has 78 valence electrons. The van der Waals surface area contributed by atoms with E-state index < -0.39 is 0 Å². The Morgan fingerprint density at radius 3 is 2.57 bits per heavy atom. The lowest BCUT2D eigenvalue weighted by molar-refractivity contribution is -0.120. The van der Waals surface area contributed by atoms with Crippen molar-refractivity contribution >= 4 is 11.7 Å². The molecule has 0 aliphatic carbocycles. The molecule has 0 saturated heterocycles. The van der Waals surface area contributed by atoms with Gasteiger partial charge < -0.3 is 0 Å². The maximum atomic E-state index is 11.6. The van der Waals surface area contributed by atoms with Gasteiger partial charge in [0.15, 0.2) is 5.82 Å². The fraction of sp³-hybridized carbons (Fsp3) is 0.556. The van der Waals surface area contributed by atoms with Crippen molar-refractivity contribution in [1.82, 2.24) is 14.8 Å². The van der Waals surface area contributed by atoms with E-state index in [4.69, 9.17) is 0 Å². The minimum absolute atomic E-state index is 0.0358. The van der Waals surface area contributed by atoms with E-state index in [2.05, 4.69) is 5.10 Å². The zero-order valence-corrected chi connectivity index (χ0v) is 9.06. The Morgan fingerprint density at radius 1 is 1.57 bits per heavy atom. The molecule has 0 aliphatic heterocycles. The predicted molar refractivity (Wildman–Crippen MR) is 54.7 cm³/mol. The number of hydrazine groups is 1. The lowest BCUT2D eigenvalue weighted by Gasteiger charge is -2.26. The monoisotopic (exact) mass is 196 g/mol. The van der Waals surface area contributed by atoms with Gasteiger partial charge in [-0.1, -0.05) is 6.92 Å². The van der Waals surface area contributed by atoms with Crippen molar-refractivity contribution in [3.05, 3.63) is 12.3 Å². The molecule has 0 aliphatic rings. The molecule has 1 aromatic heterocycles. The van der Waals surface area contributed by atoms with Gasteiger partial charge in [-0.15, -0.1) is 0 Å². The summed E-state index contributed by atoms with van der Waals surface area (Å²) >= 11 is 0. The molecule has 0 unspecified atom stereocenters. The van der Waals surface area contributed by atoms with E-state index in [9.17, 15) is 4.79 Å². The number of amides is 1. The van der Waals surface area contributed by atoms with E-state index in [-0.39, 0.29) is 5.91 Å². The van der Waals surface area contributed by atoms with Crippen LogP contribution in [-0.4, -0.2) is 34.8 Å². The van der Waals surface area contributed by atoms with E-state index in [1.54, 1.807) is 14.7 Å². The Morgan fingerprint density at radius 2 is 2.21 bits per heavy atom. The van der Waals surface area contributed by atoms with E-state index in [1.165, 1.54) is 0 Å². The average molecular weight is 196 g/mol. The summed E-state index contributed by atoms with van der Waals surface area (Å²) in [6.07, 6.45) is 2.28. The normalized spacial score (nSPS) is 10.6. The fourth-order valence-electron chi connectivity index (χ4n) is 1.22. The van der Waals surface area contributed by atoms with Crippen LogP contribution in [0.4, 0.5) is 5.82 Å². The van der Waals surface area contributed by atoms with Crippen LogP contribution >= 0.6 is 0 Å². The summed E-state index contributed by atoms with van der Waals surface area (Å²) in [4.78, 5) is 11.6. The van der Waals surface area contributed by atoms with Crippen LogP contribution < -0.4 is 5.01 Å². The summed E-state index contributed by atoms with van der Waals surface area (Å²) in [5, 5.41) is 7.47. The summed E-state index contributed by atoms with van der Waals surface area (Å²) in [7, 11) is 5.47. The standard InChI is InChI=1S/C9H16N4O/c1-5-9(14)13(11(2)3)8-6-7-12(4)10-8/h6-7H,5H2,1-4H3. The molecule has 0 spiro atoms. The van der Waals surface area contributed by atoms with Crippen LogP contribution in [0.3, 0.4) is 0 Å². The number of carbonyl (C=O) groups is 1. The first-order chi connectivity index (χ1) is 6.56. The first-order valence-corrected chi connectivity index (χ1v) is 4.56. The minimum atomic E-state index is 0.0358. The maximum absolute atomic E-state index is 11.6. The Labute approximate surface area is 83.9 Å². The smallest absolute Gasteiger partial charge is 0.242 e. The molecule has 0 atom stereocenters. The number of hydrogen-bond acceptors (Lipinski definition) is 3. The highest BCUT2D eigenvalue weighted by atomic mass is 16.2. The molecule has 0 fully saturated rings.